The first kappa shape index (κ1) is 20.1. The fraction of sp³-hybridized carbons (Fsp3) is 0.312. The number of halogens is 2. The van der Waals surface area contributed by atoms with E-state index in [1.54, 1.807) is 12.3 Å². The van der Waals surface area contributed by atoms with Gasteiger partial charge in [-0.2, -0.15) is 8.78 Å². The summed E-state index contributed by atoms with van der Waals surface area (Å²) in [6.07, 6.45) is -0.0235. The molecule has 6 nitrogen and oxygen atoms in total. The first-order valence-electron chi connectivity index (χ1n) is 7.50. The number of nitrogens with zero attached hydrogens (tertiary/aromatic N) is 1. The lowest BCUT2D eigenvalue weighted by Crippen LogP contribution is -2.22. The van der Waals surface area contributed by atoms with Gasteiger partial charge in [0.25, 0.3) is 11.7 Å². The van der Waals surface area contributed by atoms with Crippen molar-refractivity contribution in [1.29, 1.82) is 0 Å². The molecule has 0 spiro atoms. The molecule has 1 heterocycles. The molecule has 1 amide bonds. The lowest BCUT2D eigenvalue weighted by molar-refractivity contribution is -0.147. The first-order chi connectivity index (χ1) is 12.3. The van der Waals surface area contributed by atoms with Crippen LogP contribution < -0.4 is 10.2 Å². The molecule has 0 atom stereocenters. The smallest absolute Gasteiger partial charge is 0.308 e. The molecular weight excluding hydrogens is 386 g/mol. The van der Waals surface area contributed by atoms with Crippen LogP contribution in [0, 0.1) is 6.92 Å². The van der Waals surface area contributed by atoms with E-state index < -0.39 is 24.2 Å². The number of aryl methyl sites for hydroxylation is 1. The third kappa shape index (κ3) is 6.26. The molecular formula is C16H16F2N2O4S2. The molecule has 0 bridgehead atoms. The van der Waals surface area contributed by atoms with Gasteiger partial charge in [0.15, 0.2) is 6.61 Å². The Morgan fingerprint density at radius 3 is 2.58 bits per heavy atom. The van der Waals surface area contributed by atoms with Crippen LogP contribution in [0.3, 0.4) is 0 Å². The molecule has 140 valence electrons. The Kier molecular flexibility index (Phi) is 7.34. The van der Waals surface area contributed by atoms with Gasteiger partial charge in [-0.3, -0.25) is 14.4 Å². The van der Waals surface area contributed by atoms with Crippen LogP contribution >= 0.6 is 23.1 Å². The van der Waals surface area contributed by atoms with Crippen molar-refractivity contribution in [1.82, 2.24) is 4.57 Å². The average molecular weight is 402 g/mol. The van der Waals surface area contributed by atoms with Crippen LogP contribution in [0.15, 0.2) is 39.3 Å². The van der Waals surface area contributed by atoms with E-state index in [2.05, 4.69) is 5.32 Å². The minimum absolute atomic E-state index is 0.0235. The second-order valence-corrected chi connectivity index (χ2v) is 7.04. The Morgan fingerprint density at radius 1 is 1.31 bits per heavy atom. The minimum Gasteiger partial charge on any atom is -0.456 e. The summed E-state index contributed by atoms with van der Waals surface area (Å²) in [5.41, 5.74) is 1.17. The van der Waals surface area contributed by atoms with Gasteiger partial charge in [0.1, 0.15) is 0 Å². The van der Waals surface area contributed by atoms with Gasteiger partial charge in [0.05, 0.1) is 6.42 Å². The van der Waals surface area contributed by atoms with Crippen molar-refractivity contribution in [3.05, 3.63) is 45.0 Å². The Bertz CT molecular complexity index is 818. The molecule has 26 heavy (non-hydrogen) atoms. The van der Waals surface area contributed by atoms with Crippen molar-refractivity contribution >= 4 is 40.7 Å². The topological polar surface area (TPSA) is 77.4 Å². The molecule has 0 saturated carbocycles. The number of thiazole rings is 1. The van der Waals surface area contributed by atoms with Crippen LogP contribution in [-0.4, -0.2) is 28.8 Å². The van der Waals surface area contributed by atoms with Crippen molar-refractivity contribution in [3.63, 3.8) is 0 Å². The highest BCUT2D eigenvalue weighted by Crippen LogP contribution is 2.26. The number of alkyl halides is 2. The van der Waals surface area contributed by atoms with E-state index >= 15 is 0 Å². The maximum absolute atomic E-state index is 12.2. The lowest BCUT2D eigenvalue weighted by atomic mass is 10.3. The van der Waals surface area contributed by atoms with Crippen molar-refractivity contribution in [2.45, 2.75) is 30.5 Å². The number of nitrogens with one attached hydrogen (secondary N) is 1. The monoisotopic (exact) mass is 402 g/mol. The van der Waals surface area contributed by atoms with E-state index in [9.17, 15) is 23.2 Å². The highest BCUT2D eigenvalue weighted by molar-refractivity contribution is 7.99. The number of hydrogen-bond donors (Lipinski definition) is 1. The summed E-state index contributed by atoms with van der Waals surface area (Å²) in [6.45, 7) is 1.49. The molecule has 10 heteroatoms. The molecule has 0 aliphatic heterocycles. The van der Waals surface area contributed by atoms with Crippen molar-refractivity contribution < 1.29 is 23.1 Å². The summed E-state index contributed by atoms with van der Waals surface area (Å²) in [6, 6.07) is 5.88. The third-order valence-corrected chi connectivity index (χ3v) is 4.85. The van der Waals surface area contributed by atoms with E-state index in [4.69, 9.17) is 4.74 Å². The Labute approximate surface area is 156 Å². The predicted octanol–water partition coefficient (Wildman–Crippen LogP) is 3.10. The van der Waals surface area contributed by atoms with Crippen LogP contribution in [-0.2, 0) is 20.9 Å². The highest BCUT2D eigenvalue weighted by Gasteiger charge is 2.11. The number of rotatable bonds is 8. The maximum Gasteiger partial charge on any atom is 0.308 e. The quantitative estimate of drug-likeness (QED) is 0.542. The molecule has 1 N–H and O–H groups in total. The van der Waals surface area contributed by atoms with Crippen molar-refractivity contribution in [2.75, 3.05) is 11.9 Å². The van der Waals surface area contributed by atoms with Crippen LogP contribution in [0.4, 0.5) is 14.5 Å². The van der Waals surface area contributed by atoms with Crippen molar-refractivity contribution in [2.24, 2.45) is 0 Å². The standard InChI is InChI=1S/C16H16F2N2O4S2/c1-10-9-25-16(23)20(10)7-6-14(22)24-8-13(21)19-11-2-4-12(5-3-11)26-15(17)18/h2-5,9,15H,6-8H2,1H3,(H,19,21). The molecule has 0 saturated heterocycles. The van der Waals surface area contributed by atoms with Gasteiger partial charge in [0, 0.05) is 28.2 Å². The van der Waals surface area contributed by atoms with Crippen LogP contribution in [0.25, 0.3) is 0 Å². The number of carbonyl (C=O) groups is 2. The highest BCUT2D eigenvalue weighted by atomic mass is 32.2. The summed E-state index contributed by atoms with van der Waals surface area (Å²) in [5.74, 6) is -3.65. The number of hydrogen-bond acceptors (Lipinski definition) is 6. The SMILES string of the molecule is Cc1csc(=O)n1CCC(=O)OCC(=O)Nc1ccc(SC(F)F)cc1. The Balaban J connectivity index is 1.74. The van der Waals surface area contributed by atoms with Gasteiger partial charge in [-0.05, 0) is 31.2 Å². The van der Waals surface area contributed by atoms with Gasteiger partial charge in [-0.15, -0.1) is 0 Å². The second-order valence-electron chi connectivity index (χ2n) is 5.16. The zero-order chi connectivity index (χ0) is 19.1. The van der Waals surface area contributed by atoms with E-state index in [-0.39, 0.29) is 17.8 Å². The maximum atomic E-state index is 12.2. The molecule has 1 aromatic heterocycles. The van der Waals surface area contributed by atoms with Gasteiger partial charge in [-0.1, -0.05) is 23.1 Å². The van der Waals surface area contributed by atoms with Gasteiger partial charge in [0.2, 0.25) is 0 Å². The van der Waals surface area contributed by atoms with Gasteiger partial charge < -0.3 is 14.6 Å². The molecule has 2 rings (SSSR count). The average Bonchev–Trinajstić information content (AvgIpc) is 2.90. The van der Waals surface area contributed by atoms with E-state index in [0.29, 0.717) is 22.3 Å². The lowest BCUT2D eigenvalue weighted by Gasteiger charge is -2.08. The number of carbonyl (C=O) groups excluding carboxylic acids is 2. The summed E-state index contributed by atoms with van der Waals surface area (Å²) < 4.78 is 30.8. The van der Waals surface area contributed by atoms with Crippen LogP contribution in [0.2, 0.25) is 0 Å². The van der Waals surface area contributed by atoms with E-state index in [0.717, 1.165) is 17.0 Å². The summed E-state index contributed by atoms with van der Waals surface area (Å²) in [4.78, 5) is 35.2. The zero-order valence-corrected chi connectivity index (χ0v) is 15.4. The number of aromatic nitrogens is 1. The molecule has 0 radical (unpaired) electrons. The molecule has 0 unspecified atom stereocenters. The first-order valence-corrected chi connectivity index (χ1v) is 9.26. The molecule has 0 aliphatic carbocycles. The van der Waals surface area contributed by atoms with E-state index in [1.807, 2.05) is 0 Å². The predicted molar refractivity (Wildman–Crippen MR) is 95.8 cm³/mol. The number of amides is 1. The summed E-state index contributed by atoms with van der Waals surface area (Å²) >= 11 is 1.46. The molecule has 0 aliphatic rings. The van der Waals surface area contributed by atoms with Gasteiger partial charge in [-0.25, -0.2) is 0 Å². The molecule has 2 aromatic rings. The van der Waals surface area contributed by atoms with Crippen LogP contribution in [0.5, 0.6) is 0 Å². The fourth-order valence-electron chi connectivity index (χ4n) is 2.01. The third-order valence-electron chi connectivity index (χ3n) is 3.24. The number of thioether (sulfide) groups is 1. The normalized spacial score (nSPS) is 10.8. The molecule has 1 aromatic carbocycles. The van der Waals surface area contributed by atoms with Crippen LogP contribution in [0.1, 0.15) is 12.1 Å². The van der Waals surface area contributed by atoms with E-state index in [1.165, 1.54) is 28.8 Å². The Hall–Kier alpha value is -2.20. The number of esters is 1. The number of ether oxygens (including phenoxy) is 1. The second kappa shape index (κ2) is 9.48. The Morgan fingerprint density at radius 2 is 2.00 bits per heavy atom. The summed E-state index contributed by atoms with van der Waals surface area (Å²) in [5, 5.41) is 4.20. The molecule has 0 fully saturated rings. The summed E-state index contributed by atoms with van der Waals surface area (Å²) in [7, 11) is 0. The number of anilines is 1. The minimum atomic E-state index is -2.51. The largest absolute Gasteiger partial charge is 0.456 e. The van der Waals surface area contributed by atoms with Gasteiger partial charge >= 0.3 is 10.8 Å². The fourth-order valence-corrected chi connectivity index (χ4v) is 3.27. The number of benzene rings is 1. The van der Waals surface area contributed by atoms with Crippen molar-refractivity contribution in [3.8, 4) is 0 Å². The zero-order valence-electron chi connectivity index (χ0n) is 13.7.